The number of nitrogens with zero attached hydrogens (tertiary/aromatic N) is 1. The van der Waals surface area contributed by atoms with E-state index in [2.05, 4.69) is 27.8 Å². The van der Waals surface area contributed by atoms with E-state index in [1.165, 1.54) is 5.56 Å². The second-order valence-electron chi connectivity index (χ2n) is 5.35. The molecule has 0 radical (unpaired) electrons. The summed E-state index contributed by atoms with van der Waals surface area (Å²) in [7, 11) is 0. The van der Waals surface area contributed by atoms with E-state index >= 15 is 0 Å². The van der Waals surface area contributed by atoms with Crippen LogP contribution in [0, 0.1) is 27.7 Å². The van der Waals surface area contributed by atoms with Gasteiger partial charge in [0.1, 0.15) is 0 Å². The van der Waals surface area contributed by atoms with Crippen LogP contribution in [0.2, 0.25) is 0 Å². The number of aromatic nitrogens is 1. The van der Waals surface area contributed by atoms with Gasteiger partial charge < -0.3 is 10.6 Å². The number of carbonyl (C=O) groups is 1. The van der Waals surface area contributed by atoms with Gasteiger partial charge in [-0.15, -0.1) is 0 Å². The maximum Gasteiger partial charge on any atom is 0.319 e. The van der Waals surface area contributed by atoms with Gasteiger partial charge in [-0.3, -0.25) is 4.98 Å². The minimum absolute atomic E-state index is 0.214. The topological polar surface area (TPSA) is 54.0 Å². The number of nitrogens with one attached hydrogen (secondary N) is 2. The predicted octanol–water partition coefficient (Wildman–Crippen LogP) is 3.64. The molecule has 2 amide bonds. The number of hydrogen-bond donors (Lipinski definition) is 2. The van der Waals surface area contributed by atoms with Gasteiger partial charge in [0, 0.05) is 11.4 Å². The van der Waals surface area contributed by atoms with E-state index in [1.54, 1.807) is 0 Å². The highest BCUT2D eigenvalue weighted by atomic mass is 16.2. The Hall–Kier alpha value is -2.36. The Labute approximate surface area is 125 Å². The second-order valence-corrected chi connectivity index (χ2v) is 5.35. The van der Waals surface area contributed by atoms with Crippen molar-refractivity contribution < 1.29 is 4.79 Å². The lowest BCUT2D eigenvalue weighted by Crippen LogP contribution is -2.29. The molecular formula is C17H21N3O. The lowest BCUT2D eigenvalue weighted by molar-refractivity contribution is 0.251. The fourth-order valence-electron chi connectivity index (χ4n) is 2.40. The molecule has 0 aliphatic rings. The Morgan fingerprint density at radius 1 is 1.10 bits per heavy atom. The van der Waals surface area contributed by atoms with Gasteiger partial charge in [0.2, 0.25) is 0 Å². The quantitative estimate of drug-likeness (QED) is 0.903. The first-order valence-corrected chi connectivity index (χ1v) is 7.01. The predicted molar refractivity (Wildman–Crippen MR) is 85.5 cm³/mol. The molecule has 0 aliphatic heterocycles. The number of carbonyl (C=O) groups excluding carboxylic acids is 1. The van der Waals surface area contributed by atoms with Gasteiger partial charge in [0.15, 0.2) is 0 Å². The lowest BCUT2D eigenvalue weighted by Gasteiger charge is -2.13. The number of aryl methyl sites for hydroxylation is 4. The number of hydrogen-bond acceptors (Lipinski definition) is 2. The molecule has 2 aromatic rings. The number of benzene rings is 1. The Balaban J connectivity index is 1.99. The first-order chi connectivity index (χ1) is 9.95. The average molecular weight is 283 g/mol. The molecule has 0 saturated carbocycles. The zero-order chi connectivity index (χ0) is 15.4. The molecule has 1 heterocycles. The van der Waals surface area contributed by atoms with Crippen LogP contribution in [0.4, 0.5) is 10.5 Å². The van der Waals surface area contributed by atoms with Gasteiger partial charge >= 0.3 is 6.03 Å². The molecule has 21 heavy (non-hydrogen) atoms. The molecule has 0 atom stereocenters. The van der Waals surface area contributed by atoms with E-state index in [-0.39, 0.29) is 6.03 Å². The highest BCUT2D eigenvalue weighted by Crippen LogP contribution is 2.21. The van der Waals surface area contributed by atoms with Crippen molar-refractivity contribution in [2.45, 2.75) is 34.2 Å². The second kappa shape index (κ2) is 6.39. The molecule has 0 spiro atoms. The summed E-state index contributed by atoms with van der Waals surface area (Å²) in [4.78, 5) is 16.4. The van der Waals surface area contributed by atoms with Crippen LogP contribution in [0.5, 0.6) is 0 Å². The number of urea groups is 1. The van der Waals surface area contributed by atoms with Crippen LogP contribution in [0.25, 0.3) is 0 Å². The van der Waals surface area contributed by atoms with Gasteiger partial charge in [-0.2, -0.15) is 0 Å². The lowest BCUT2D eigenvalue weighted by atomic mass is 10.1. The Kier molecular flexibility index (Phi) is 4.58. The van der Waals surface area contributed by atoms with E-state index in [0.29, 0.717) is 6.54 Å². The smallest absolute Gasteiger partial charge is 0.319 e. The van der Waals surface area contributed by atoms with Crippen molar-refractivity contribution in [2.75, 3.05) is 5.32 Å². The average Bonchev–Trinajstić information content (AvgIpc) is 2.40. The summed E-state index contributed by atoms with van der Waals surface area (Å²) < 4.78 is 0. The minimum Gasteiger partial charge on any atom is -0.332 e. The molecule has 110 valence electrons. The Morgan fingerprint density at radius 3 is 2.38 bits per heavy atom. The van der Waals surface area contributed by atoms with Crippen LogP contribution in [0.3, 0.4) is 0 Å². The third kappa shape index (κ3) is 4.05. The summed E-state index contributed by atoms with van der Waals surface area (Å²) in [5, 5.41) is 5.74. The van der Waals surface area contributed by atoms with Crippen LogP contribution in [-0.4, -0.2) is 11.0 Å². The first-order valence-electron chi connectivity index (χ1n) is 7.01. The third-order valence-electron chi connectivity index (χ3n) is 3.29. The van der Waals surface area contributed by atoms with E-state index < -0.39 is 0 Å². The summed E-state index contributed by atoms with van der Waals surface area (Å²) in [6.07, 6.45) is 0. The van der Waals surface area contributed by atoms with Crippen molar-refractivity contribution in [1.29, 1.82) is 0 Å². The molecule has 1 aromatic heterocycles. The molecule has 4 nitrogen and oxygen atoms in total. The monoisotopic (exact) mass is 283 g/mol. The van der Waals surface area contributed by atoms with E-state index in [0.717, 1.165) is 28.2 Å². The SMILES string of the molecule is Cc1cc(C)c(NC(=O)NCc2cccc(C)n2)c(C)c1. The Bertz CT molecular complexity index is 642. The van der Waals surface area contributed by atoms with E-state index in [1.807, 2.05) is 45.9 Å². The summed E-state index contributed by atoms with van der Waals surface area (Å²) in [6.45, 7) is 8.39. The van der Waals surface area contributed by atoms with Crippen molar-refractivity contribution in [3.05, 3.63) is 58.4 Å². The van der Waals surface area contributed by atoms with Crippen molar-refractivity contribution in [3.63, 3.8) is 0 Å². The number of anilines is 1. The van der Waals surface area contributed by atoms with Gasteiger partial charge in [-0.1, -0.05) is 23.8 Å². The maximum atomic E-state index is 12.0. The van der Waals surface area contributed by atoms with Gasteiger partial charge in [0.05, 0.1) is 12.2 Å². The third-order valence-corrected chi connectivity index (χ3v) is 3.29. The standard InChI is InChI=1S/C17H21N3O/c1-11-8-12(2)16(13(3)9-11)20-17(21)18-10-15-7-5-6-14(4)19-15/h5-9H,10H2,1-4H3,(H2,18,20,21). The van der Waals surface area contributed by atoms with Crippen LogP contribution in [0.15, 0.2) is 30.3 Å². The fourth-order valence-corrected chi connectivity index (χ4v) is 2.40. The zero-order valence-electron chi connectivity index (χ0n) is 12.9. The highest BCUT2D eigenvalue weighted by molar-refractivity contribution is 5.91. The van der Waals surface area contributed by atoms with Crippen molar-refractivity contribution in [2.24, 2.45) is 0 Å². The van der Waals surface area contributed by atoms with Crippen LogP contribution in [-0.2, 0) is 6.54 Å². The van der Waals surface area contributed by atoms with Crippen molar-refractivity contribution in [1.82, 2.24) is 10.3 Å². The van der Waals surface area contributed by atoms with Crippen LogP contribution in [0.1, 0.15) is 28.1 Å². The molecule has 0 saturated heterocycles. The normalized spacial score (nSPS) is 10.3. The highest BCUT2D eigenvalue weighted by Gasteiger charge is 2.08. The molecule has 0 fully saturated rings. The van der Waals surface area contributed by atoms with Crippen LogP contribution < -0.4 is 10.6 Å². The van der Waals surface area contributed by atoms with E-state index in [4.69, 9.17) is 0 Å². The molecule has 2 rings (SSSR count). The van der Waals surface area contributed by atoms with Crippen LogP contribution >= 0.6 is 0 Å². The molecule has 0 unspecified atom stereocenters. The van der Waals surface area contributed by atoms with E-state index in [9.17, 15) is 4.79 Å². The fraction of sp³-hybridized carbons (Fsp3) is 0.294. The minimum atomic E-state index is -0.214. The Morgan fingerprint density at radius 2 is 1.76 bits per heavy atom. The molecule has 2 N–H and O–H groups in total. The summed E-state index contributed by atoms with van der Waals surface area (Å²) >= 11 is 0. The number of amides is 2. The summed E-state index contributed by atoms with van der Waals surface area (Å²) in [5.74, 6) is 0. The number of rotatable bonds is 3. The van der Waals surface area contributed by atoms with Gasteiger partial charge in [0.25, 0.3) is 0 Å². The van der Waals surface area contributed by atoms with Gasteiger partial charge in [-0.05, 0) is 51.0 Å². The first kappa shape index (κ1) is 15.0. The molecule has 0 bridgehead atoms. The molecule has 0 aliphatic carbocycles. The van der Waals surface area contributed by atoms with Gasteiger partial charge in [-0.25, -0.2) is 4.79 Å². The zero-order valence-corrected chi connectivity index (χ0v) is 12.9. The van der Waals surface area contributed by atoms with Crippen molar-refractivity contribution in [3.8, 4) is 0 Å². The molecule has 1 aromatic carbocycles. The largest absolute Gasteiger partial charge is 0.332 e. The summed E-state index contributed by atoms with van der Waals surface area (Å²) in [6, 6.07) is 9.67. The molecule has 4 heteroatoms. The van der Waals surface area contributed by atoms with Crippen molar-refractivity contribution >= 4 is 11.7 Å². The number of pyridine rings is 1. The summed E-state index contributed by atoms with van der Waals surface area (Å²) in [5.41, 5.74) is 5.99. The maximum absolute atomic E-state index is 12.0. The molecular weight excluding hydrogens is 262 g/mol.